The lowest BCUT2D eigenvalue weighted by Gasteiger charge is -2.58. The summed E-state index contributed by atoms with van der Waals surface area (Å²) >= 11 is 0. The summed E-state index contributed by atoms with van der Waals surface area (Å²) < 4.78 is 34.8. The van der Waals surface area contributed by atoms with E-state index in [4.69, 9.17) is 4.74 Å². The van der Waals surface area contributed by atoms with E-state index in [0.717, 1.165) is 30.3 Å². The Balaban J connectivity index is 1.75. The fourth-order valence-corrected chi connectivity index (χ4v) is 8.05. The zero-order valence-electron chi connectivity index (χ0n) is 17.3. The van der Waals surface area contributed by atoms with Crippen molar-refractivity contribution in [3.05, 3.63) is 65.9 Å². The summed E-state index contributed by atoms with van der Waals surface area (Å²) in [6.07, 6.45) is 2.58. The average molecular weight is 437 g/mol. The van der Waals surface area contributed by atoms with Crippen LogP contribution in [0.15, 0.2) is 59.5 Å². The lowest BCUT2D eigenvalue weighted by atomic mass is 9.58. The third kappa shape index (κ3) is 2.36. The molecule has 4 bridgehead atoms. The normalized spacial score (nSPS) is 29.0. The number of carbonyl (C=O) groups excluding carboxylic acids is 1. The van der Waals surface area contributed by atoms with Crippen LogP contribution < -0.4 is 0 Å². The molecule has 6 nitrogen and oxygen atoms in total. The molecular formula is C24H24N2O4S. The Morgan fingerprint density at radius 2 is 1.81 bits per heavy atom. The van der Waals surface area contributed by atoms with Crippen LogP contribution in [-0.2, 0) is 31.5 Å². The maximum atomic E-state index is 14.0. The highest BCUT2D eigenvalue weighted by Gasteiger charge is 2.62. The van der Waals surface area contributed by atoms with Gasteiger partial charge in [-0.3, -0.25) is 9.69 Å². The molecule has 1 aromatic heterocycles. The van der Waals surface area contributed by atoms with Crippen molar-refractivity contribution in [1.29, 1.82) is 0 Å². The second-order valence-corrected chi connectivity index (χ2v) is 10.8. The van der Waals surface area contributed by atoms with E-state index in [1.54, 1.807) is 30.3 Å². The molecule has 1 aliphatic carbocycles. The van der Waals surface area contributed by atoms with Crippen molar-refractivity contribution < 1.29 is 17.9 Å². The van der Waals surface area contributed by atoms with Crippen molar-refractivity contribution in [1.82, 2.24) is 8.87 Å². The molecule has 160 valence electrons. The number of methoxy groups -OCH3 is 1. The SMILES string of the molecule is COC(=O)[C@]12C[C@@H]3CC[C@H]1N(Cc1c2n(S(=O)(=O)c2ccccc2)c2ccccc12)C3. The molecule has 3 aromatic rings. The number of carbonyl (C=O) groups is 1. The van der Waals surface area contributed by atoms with Crippen LogP contribution in [-0.4, -0.2) is 43.0 Å². The second-order valence-electron chi connectivity index (χ2n) is 8.98. The molecule has 4 atom stereocenters. The number of hydrogen-bond acceptors (Lipinski definition) is 5. The molecule has 3 fully saturated rings. The van der Waals surface area contributed by atoms with Crippen LogP contribution in [0.25, 0.3) is 10.9 Å². The number of hydrogen-bond donors (Lipinski definition) is 0. The van der Waals surface area contributed by atoms with E-state index in [-0.39, 0.29) is 16.9 Å². The zero-order chi connectivity index (χ0) is 21.4. The van der Waals surface area contributed by atoms with Gasteiger partial charge in [0, 0.05) is 24.5 Å². The Bertz CT molecular complexity index is 1310. The van der Waals surface area contributed by atoms with Gasteiger partial charge in [-0.05, 0) is 48.9 Å². The van der Waals surface area contributed by atoms with Gasteiger partial charge in [-0.15, -0.1) is 0 Å². The molecule has 2 saturated heterocycles. The Hall–Kier alpha value is -2.64. The Kier molecular flexibility index (Phi) is 3.96. The molecule has 0 N–H and O–H groups in total. The summed E-state index contributed by atoms with van der Waals surface area (Å²) in [6.45, 7) is 1.61. The standard InChI is InChI=1S/C24H24N2O4S/c1-30-23(27)24-13-16-11-12-21(24)25(14-16)15-19-18-9-5-6-10-20(18)26(22(19)24)31(28,29)17-7-3-2-4-8-17/h2-10,16,21H,11-15H2,1H3/t16-,21+,24+/m0/s1. The number of nitrogens with zero attached hydrogens (tertiary/aromatic N) is 2. The van der Waals surface area contributed by atoms with Gasteiger partial charge in [0.05, 0.1) is 23.2 Å². The fraction of sp³-hybridized carbons (Fsp3) is 0.375. The predicted octanol–water partition coefficient (Wildman–Crippen LogP) is 3.29. The van der Waals surface area contributed by atoms with Gasteiger partial charge < -0.3 is 4.74 Å². The summed E-state index contributed by atoms with van der Waals surface area (Å²) in [5, 5.41) is 0.896. The topological polar surface area (TPSA) is 68.6 Å². The number of piperidine rings is 2. The van der Waals surface area contributed by atoms with Crippen LogP contribution in [0.1, 0.15) is 30.5 Å². The van der Waals surface area contributed by atoms with Gasteiger partial charge in [0.15, 0.2) is 0 Å². The first-order chi connectivity index (χ1) is 15.0. The molecule has 1 unspecified atom stereocenters. The van der Waals surface area contributed by atoms with Crippen molar-refractivity contribution in [2.45, 2.75) is 42.2 Å². The van der Waals surface area contributed by atoms with E-state index < -0.39 is 15.4 Å². The van der Waals surface area contributed by atoms with Gasteiger partial charge in [0.2, 0.25) is 0 Å². The Morgan fingerprint density at radius 3 is 2.55 bits per heavy atom. The number of ether oxygens (including phenoxy) is 1. The Labute approximate surface area is 181 Å². The van der Waals surface area contributed by atoms with Crippen molar-refractivity contribution in [3.8, 4) is 0 Å². The number of aromatic nitrogens is 1. The quantitative estimate of drug-likeness (QED) is 0.590. The van der Waals surface area contributed by atoms with E-state index in [0.29, 0.717) is 30.1 Å². The monoisotopic (exact) mass is 436 g/mol. The minimum Gasteiger partial charge on any atom is -0.468 e. The van der Waals surface area contributed by atoms with Crippen molar-refractivity contribution >= 4 is 26.9 Å². The smallest absolute Gasteiger partial charge is 0.319 e. The van der Waals surface area contributed by atoms with Gasteiger partial charge in [0.25, 0.3) is 10.0 Å². The first-order valence-corrected chi connectivity index (χ1v) is 12.2. The Morgan fingerprint density at radius 1 is 1.06 bits per heavy atom. The highest BCUT2D eigenvalue weighted by molar-refractivity contribution is 7.90. The average Bonchev–Trinajstić information content (AvgIpc) is 3.15. The maximum absolute atomic E-state index is 14.0. The fourth-order valence-electron chi connectivity index (χ4n) is 6.41. The van der Waals surface area contributed by atoms with Gasteiger partial charge in [-0.2, -0.15) is 0 Å². The molecule has 0 amide bonds. The molecule has 0 spiro atoms. The van der Waals surface area contributed by atoms with E-state index >= 15 is 0 Å². The van der Waals surface area contributed by atoms with Crippen LogP contribution in [0, 0.1) is 5.92 Å². The van der Waals surface area contributed by atoms with E-state index in [1.165, 1.54) is 11.1 Å². The summed E-state index contributed by atoms with van der Waals surface area (Å²) in [6, 6.07) is 16.0. The van der Waals surface area contributed by atoms with E-state index in [1.807, 2.05) is 24.3 Å². The summed E-state index contributed by atoms with van der Waals surface area (Å²) in [5.41, 5.74) is 1.22. The first-order valence-electron chi connectivity index (χ1n) is 10.7. The molecular weight excluding hydrogens is 412 g/mol. The van der Waals surface area contributed by atoms with Crippen LogP contribution in [0.4, 0.5) is 0 Å². The number of rotatable bonds is 3. The lowest BCUT2D eigenvalue weighted by Crippen LogP contribution is -2.67. The molecule has 3 aliphatic heterocycles. The maximum Gasteiger partial charge on any atom is 0.319 e. The predicted molar refractivity (Wildman–Crippen MR) is 116 cm³/mol. The van der Waals surface area contributed by atoms with Crippen molar-refractivity contribution in [2.75, 3.05) is 13.7 Å². The molecule has 0 radical (unpaired) electrons. The van der Waals surface area contributed by atoms with E-state index in [2.05, 4.69) is 4.90 Å². The second kappa shape index (κ2) is 6.43. The van der Waals surface area contributed by atoms with E-state index in [9.17, 15) is 13.2 Å². The molecule has 7 rings (SSSR count). The molecule has 31 heavy (non-hydrogen) atoms. The molecule has 4 aliphatic rings. The minimum absolute atomic E-state index is 0.0357. The van der Waals surface area contributed by atoms with Gasteiger partial charge in [-0.1, -0.05) is 36.4 Å². The lowest BCUT2D eigenvalue weighted by molar-refractivity contribution is -0.160. The molecule has 7 heteroatoms. The number of fused-ring (bicyclic) bond motifs is 4. The van der Waals surface area contributed by atoms with Crippen LogP contribution in [0.2, 0.25) is 0 Å². The van der Waals surface area contributed by atoms with Crippen LogP contribution >= 0.6 is 0 Å². The zero-order valence-corrected chi connectivity index (χ0v) is 18.1. The largest absolute Gasteiger partial charge is 0.468 e. The van der Waals surface area contributed by atoms with Crippen LogP contribution in [0.5, 0.6) is 0 Å². The van der Waals surface area contributed by atoms with Crippen LogP contribution in [0.3, 0.4) is 0 Å². The minimum atomic E-state index is -3.91. The van der Waals surface area contributed by atoms with Crippen molar-refractivity contribution in [3.63, 3.8) is 0 Å². The van der Waals surface area contributed by atoms with Gasteiger partial charge in [0.1, 0.15) is 5.41 Å². The highest BCUT2D eigenvalue weighted by atomic mass is 32.2. The van der Waals surface area contributed by atoms with Gasteiger partial charge >= 0.3 is 5.97 Å². The highest BCUT2D eigenvalue weighted by Crippen LogP contribution is 2.56. The number of para-hydroxylation sites is 1. The summed E-state index contributed by atoms with van der Waals surface area (Å²) in [7, 11) is -2.49. The van der Waals surface area contributed by atoms with Crippen molar-refractivity contribution in [2.24, 2.45) is 5.92 Å². The molecule has 4 heterocycles. The third-order valence-electron chi connectivity index (χ3n) is 7.51. The van der Waals surface area contributed by atoms with Gasteiger partial charge in [-0.25, -0.2) is 12.4 Å². The number of esters is 1. The molecule has 2 aromatic carbocycles. The summed E-state index contributed by atoms with van der Waals surface area (Å²) in [4.78, 5) is 16.1. The summed E-state index contributed by atoms with van der Waals surface area (Å²) in [5.74, 6) is 0.0447. The first kappa shape index (κ1) is 19.1. The molecule has 1 saturated carbocycles. The number of benzene rings is 2. The third-order valence-corrected chi connectivity index (χ3v) is 9.24.